The van der Waals surface area contributed by atoms with Gasteiger partial charge in [0.05, 0.1) is 18.2 Å². The van der Waals surface area contributed by atoms with Crippen molar-refractivity contribution in [3.05, 3.63) is 29.6 Å². The van der Waals surface area contributed by atoms with Crippen LogP contribution in [0.25, 0.3) is 11.0 Å². The number of unbranched alkanes of at least 4 members (excludes halogenated alkanes) is 1. The summed E-state index contributed by atoms with van der Waals surface area (Å²) in [4.78, 5) is 19.6. The monoisotopic (exact) mass is 260 g/mol. The van der Waals surface area contributed by atoms with Gasteiger partial charge in [0, 0.05) is 5.92 Å². The molecular formula is C15H20N2O2. The van der Waals surface area contributed by atoms with Crippen LogP contribution in [0, 0.1) is 0 Å². The Bertz CT molecular complexity index is 575. The fraction of sp³-hybridized carbons (Fsp3) is 0.467. The summed E-state index contributed by atoms with van der Waals surface area (Å²) in [5.74, 6) is 0.975. The average molecular weight is 260 g/mol. The lowest BCUT2D eigenvalue weighted by Gasteiger charge is -2.06. The average Bonchev–Trinajstić information content (AvgIpc) is 2.87. The molecule has 1 aromatic carbocycles. The van der Waals surface area contributed by atoms with Gasteiger partial charge in [-0.25, -0.2) is 9.78 Å². The van der Waals surface area contributed by atoms with Crippen molar-refractivity contribution in [2.45, 2.75) is 39.0 Å². The summed E-state index contributed by atoms with van der Waals surface area (Å²) in [7, 11) is 1.39. The molecule has 1 unspecified atom stereocenters. The van der Waals surface area contributed by atoms with Crippen LogP contribution in [-0.2, 0) is 4.74 Å². The van der Waals surface area contributed by atoms with Crippen molar-refractivity contribution >= 4 is 17.0 Å². The third-order valence-corrected chi connectivity index (χ3v) is 3.39. The molecule has 0 aliphatic rings. The minimum atomic E-state index is -0.343. The molecule has 4 heteroatoms. The molecule has 4 nitrogen and oxygen atoms in total. The van der Waals surface area contributed by atoms with Gasteiger partial charge in [0.1, 0.15) is 11.3 Å². The lowest BCUT2D eigenvalue weighted by Crippen LogP contribution is -2.02. The Morgan fingerprint density at radius 1 is 1.47 bits per heavy atom. The minimum absolute atomic E-state index is 0.343. The first-order valence-corrected chi connectivity index (χ1v) is 6.74. The fourth-order valence-electron chi connectivity index (χ4n) is 2.21. The lowest BCUT2D eigenvalue weighted by atomic mass is 10.0. The maximum atomic E-state index is 11.7. The highest BCUT2D eigenvalue weighted by atomic mass is 16.5. The number of fused-ring (bicyclic) bond motifs is 1. The van der Waals surface area contributed by atoms with Crippen molar-refractivity contribution < 1.29 is 9.53 Å². The highest BCUT2D eigenvalue weighted by Crippen LogP contribution is 2.24. The summed E-state index contributed by atoms with van der Waals surface area (Å²) in [6.45, 7) is 4.34. The number of para-hydroxylation sites is 1. The molecule has 0 bridgehead atoms. The third kappa shape index (κ3) is 2.78. The zero-order valence-corrected chi connectivity index (χ0v) is 11.7. The topological polar surface area (TPSA) is 55.0 Å². The third-order valence-electron chi connectivity index (χ3n) is 3.39. The standard InChI is InChI=1S/C15H20N2O2/c1-4-5-7-10(2)14-16-12-9-6-8-11(13(12)17-14)15(18)19-3/h6,8-10H,4-5,7H2,1-3H3,(H,16,17). The summed E-state index contributed by atoms with van der Waals surface area (Å²) in [6, 6.07) is 5.52. The van der Waals surface area contributed by atoms with Crippen molar-refractivity contribution in [3.63, 3.8) is 0 Å². The van der Waals surface area contributed by atoms with E-state index in [1.165, 1.54) is 20.0 Å². The zero-order valence-electron chi connectivity index (χ0n) is 11.7. The van der Waals surface area contributed by atoms with Gasteiger partial charge in [0.2, 0.25) is 0 Å². The first kappa shape index (κ1) is 13.6. The van der Waals surface area contributed by atoms with Crippen molar-refractivity contribution in [1.82, 2.24) is 9.97 Å². The van der Waals surface area contributed by atoms with Crippen LogP contribution in [0.5, 0.6) is 0 Å². The highest BCUT2D eigenvalue weighted by molar-refractivity contribution is 6.01. The van der Waals surface area contributed by atoms with E-state index in [9.17, 15) is 4.79 Å². The van der Waals surface area contributed by atoms with Crippen molar-refractivity contribution in [3.8, 4) is 0 Å². The van der Waals surface area contributed by atoms with Gasteiger partial charge in [-0.05, 0) is 18.6 Å². The number of imidazole rings is 1. The van der Waals surface area contributed by atoms with Crippen molar-refractivity contribution in [1.29, 1.82) is 0 Å². The molecule has 2 rings (SSSR count). The van der Waals surface area contributed by atoms with Crippen LogP contribution in [0.15, 0.2) is 18.2 Å². The molecule has 0 saturated carbocycles. The number of hydrogen-bond acceptors (Lipinski definition) is 3. The fourth-order valence-corrected chi connectivity index (χ4v) is 2.21. The molecular weight excluding hydrogens is 240 g/mol. The number of benzene rings is 1. The molecule has 0 radical (unpaired) electrons. The number of aromatic nitrogens is 2. The number of H-pyrrole nitrogens is 1. The van der Waals surface area contributed by atoms with Crippen LogP contribution in [-0.4, -0.2) is 23.0 Å². The smallest absolute Gasteiger partial charge is 0.340 e. The predicted octanol–water partition coefficient (Wildman–Crippen LogP) is 3.64. The minimum Gasteiger partial charge on any atom is -0.465 e. The Morgan fingerprint density at radius 3 is 2.95 bits per heavy atom. The maximum absolute atomic E-state index is 11.7. The number of methoxy groups -OCH3 is 1. The van der Waals surface area contributed by atoms with Gasteiger partial charge in [-0.15, -0.1) is 0 Å². The second-order valence-electron chi connectivity index (χ2n) is 4.86. The second kappa shape index (κ2) is 5.87. The number of hydrogen-bond donors (Lipinski definition) is 1. The molecule has 102 valence electrons. The molecule has 1 N–H and O–H groups in total. The van der Waals surface area contributed by atoms with E-state index < -0.39 is 0 Å². The molecule has 0 saturated heterocycles. The Balaban J connectivity index is 2.37. The Hall–Kier alpha value is -1.84. The molecule has 0 aliphatic heterocycles. The van der Waals surface area contributed by atoms with Crippen LogP contribution in [0.3, 0.4) is 0 Å². The van der Waals surface area contributed by atoms with Gasteiger partial charge >= 0.3 is 5.97 Å². The van der Waals surface area contributed by atoms with Gasteiger partial charge in [-0.2, -0.15) is 0 Å². The van der Waals surface area contributed by atoms with E-state index in [0.29, 0.717) is 17.0 Å². The van der Waals surface area contributed by atoms with Crippen molar-refractivity contribution in [2.75, 3.05) is 7.11 Å². The number of nitrogens with one attached hydrogen (secondary N) is 1. The number of rotatable bonds is 5. The first-order chi connectivity index (χ1) is 9.17. The number of esters is 1. The zero-order chi connectivity index (χ0) is 13.8. The van der Waals surface area contributed by atoms with Crippen LogP contribution in [0.1, 0.15) is 55.2 Å². The molecule has 1 atom stereocenters. The highest BCUT2D eigenvalue weighted by Gasteiger charge is 2.16. The van der Waals surface area contributed by atoms with Crippen LogP contribution >= 0.6 is 0 Å². The largest absolute Gasteiger partial charge is 0.465 e. The molecule has 0 spiro atoms. The van der Waals surface area contributed by atoms with Gasteiger partial charge in [-0.3, -0.25) is 0 Å². The molecule has 0 fully saturated rings. The number of aromatic amines is 1. The van der Waals surface area contributed by atoms with E-state index in [1.807, 2.05) is 12.1 Å². The molecule has 2 aromatic rings. The Kier molecular flexibility index (Phi) is 4.20. The molecule has 19 heavy (non-hydrogen) atoms. The van der Waals surface area contributed by atoms with E-state index in [1.54, 1.807) is 6.07 Å². The molecule has 0 aliphatic carbocycles. The second-order valence-corrected chi connectivity index (χ2v) is 4.86. The number of carbonyl (C=O) groups is 1. The maximum Gasteiger partial charge on any atom is 0.340 e. The normalized spacial score (nSPS) is 12.6. The van der Waals surface area contributed by atoms with Crippen molar-refractivity contribution in [2.24, 2.45) is 0 Å². The van der Waals surface area contributed by atoms with E-state index in [-0.39, 0.29) is 5.97 Å². The van der Waals surface area contributed by atoms with Gasteiger partial charge in [0.15, 0.2) is 0 Å². The predicted molar refractivity (Wildman–Crippen MR) is 75.4 cm³/mol. The summed E-state index contributed by atoms with van der Waals surface area (Å²) >= 11 is 0. The Labute approximate surface area is 113 Å². The SMILES string of the molecule is CCCCC(C)c1nc2c(C(=O)OC)cccc2[nH]1. The van der Waals surface area contributed by atoms with Crippen LogP contribution < -0.4 is 0 Å². The van der Waals surface area contributed by atoms with Gasteiger partial charge < -0.3 is 9.72 Å². The number of ether oxygens (including phenoxy) is 1. The van der Waals surface area contributed by atoms with Gasteiger partial charge in [0.25, 0.3) is 0 Å². The quantitative estimate of drug-likeness (QED) is 0.835. The summed E-state index contributed by atoms with van der Waals surface area (Å²) in [5.41, 5.74) is 2.11. The van der Waals surface area contributed by atoms with Crippen LogP contribution in [0.2, 0.25) is 0 Å². The molecule has 1 heterocycles. The lowest BCUT2D eigenvalue weighted by molar-refractivity contribution is 0.0603. The van der Waals surface area contributed by atoms with Gasteiger partial charge in [-0.1, -0.05) is 32.8 Å². The van der Waals surface area contributed by atoms with E-state index in [4.69, 9.17) is 4.74 Å². The first-order valence-electron chi connectivity index (χ1n) is 6.74. The number of carbonyl (C=O) groups excluding carboxylic acids is 1. The Morgan fingerprint density at radius 2 is 2.26 bits per heavy atom. The summed E-state index contributed by atoms with van der Waals surface area (Å²) in [6.07, 6.45) is 3.46. The summed E-state index contributed by atoms with van der Waals surface area (Å²) in [5, 5.41) is 0. The number of nitrogens with zero attached hydrogens (tertiary/aromatic N) is 1. The van der Waals surface area contributed by atoms with E-state index in [0.717, 1.165) is 17.8 Å². The van der Waals surface area contributed by atoms with E-state index in [2.05, 4.69) is 23.8 Å². The summed E-state index contributed by atoms with van der Waals surface area (Å²) < 4.78 is 4.79. The van der Waals surface area contributed by atoms with E-state index >= 15 is 0 Å². The molecule has 1 aromatic heterocycles. The van der Waals surface area contributed by atoms with Crippen LogP contribution in [0.4, 0.5) is 0 Å². The molecule has 0 amide bonds.